The van der Waals surface area contributed by atoms with Crippen LogP contribution in [0.4, 0.5) is 0 Å². The van der Waals surface area contributed by atoms with E-state index >= 15 is 0 Å². The fraction of sp³-hybridized carbons (Fsp3) is 0.444. The highest BCUT2D eigenvalue weighted by atomic mass is 16.7. The van der Waals surface area contributed by atoms with E-state index in [4.69, 9.17) is 23.4 Å². The second-order valence-electron chi connectivity index (χ2n) is 10.1. The molecule has 5 rings (SSSR count). The summed E-state index contributed by atoms with van der Waals surface area (Å²) in [5.74, 6) is -1.54. The van der Waals surface area contributed by atoms with Crippen LogP contribution in [0.25, 0.3) is 22.3 Å². The van der Waals surface area contributed by atoms with Gasteiger partial charge >= 0.3 is 0 Å². The Balaban J connectivity index is 1.45. The van der Waals surface area contributed by atoms with Crippen LogP contribution in [0.5, 0.6) is 23.0 Å². The minimum atomic E-state index is -1.76. The third-order valence-electron chi connectivity index (χ3n) is 7.22. The fourth-order valence-corrected chi connectivity index (χ4v) is 4.80. The molecule has 1 aromatic heterocycles. The Morgan fingerprint density at radius 1 is 0.674 bits per heavy atom. The summed E-state index contributed by atoms with van der Waals surface area (Å²) in [5.41, 5.74) is -0.708. The number of fused-ring (bicyclic) bond motifs is 1. The Hall–Kier alpha value is -3.55. The van der Waals surface area contributed by atoms with E-state index in [0.717, 1.165) is 12.1 Å². The molecule has 2 fully saturated rings. The molecule has 10 N–H and O–H groups in total. The van der Waals surface area contributed by atoms with Crippen LogP contribution in [0.1, 0.15) is 0 Å². The Morgan fingerprint density at radius 2 is 1.26 bits per heavy atom. The maximum Gasteiger partial charge on any atom is 0.229 e. The summed E-state index contributed by atoms with van der Waals surface area (Å²) < 4.78 is 27.5. The van der Waals surface area contributed by atoms with Crippen molar-refractivity contribution in [2.75, 3.05) is 13.2 Å². The zero-order valence-corrected chi connectivity index (χ0v) is 22.1. The first kappa shape index (κ1) is 30.9. The lowest BCUT2D eigenvalue weighted by molar-refractivity contribution is -0.277. The molecule has 3 aromatic rings. The zero-order chi connectivity index (χ0) is 31.2. The maximum absolute atomic E-state index is 12.9. The minimum Gasteiger partial charge on any atom is -0.507 e. The number of benzene rings is 2. The number of ether oxygens (including phenoxy) is 4. The van der Waals surface area contributed by atoms with Gasteiger partial charge in [0.05, 0.1) is 13.2 Å². The van der Waals surface area contributed by atoms with E-state index in [1.807, 2.05) is 0 Å². The molecule has 16 heteroatoms. The standard InChI is InChI=1S/C27H30O16/c28-7-17-20(33)22(35)24(37)26(42-17)39-10-4-12(31)19-13(32)6-14(40-16(19)5-10)9-1-2-11(30)15(3-9)41-27-25(38)23(36)21(34)18(8-29)43-27/h1-6,17-18,20-31,33-38H,7-8H2/t17-,18-,20-,21-,22-,23-,24-,25-,26-,27-/m1/s1. The van der Waals surface area contributed by atoms with Crippen LogP contribution in [0.2, 0.25) is 0 Å². The third-order valence-corrected chi connectivity index (χ3v) is 7.22. The second-order valence-corrected chi connectivity index (χ2v) is 10.1. The summed E-state index contributed by atoms with van der Waals surface area (Å²) >= 11 is 0. The first-order valence-corrected chi connectivity index (χ1v) is 13.0. The fourth-order valence-electron chi connectivity index (χ4n) is 4.80. The largest absolute Gasteiger partial charge is 0.507 e. The molecule has 43 heavy (non-hydrogen) atoms. The number of phenolic OH excluding ortho intramolecular Hbond substituents is 2. The lowest BCUT2D eigenvalue weighted by Crippen LogP contribution is -2.60. The van der Waals surface area contributed by atoms with Gasteiger partial charge < -0.3 is 74.4 Å². The van der Waals surface area contributed by atoms with E-state index in [1.54, 1.807) is 0 Å². The highest BCUT2D eigenvalue weighted by Crippen LogP contribution is 2.37. The van der Waals surface area contributed by atoms with Crippen molar-refractivity contribution in [1.82, 2.24) is 0 Å². The molecule has 0 aliphatic carbocycles. The summed E-state index contributed by atoms with van der Waals surface area (Å²) in [6.45, 7) is -1.39. The highest BCUT2D eigenvalue weighted by Gasteiger charge is 2.46. The molecule has 3 heterocycles. The first-order valence-electron chi connectivity index (χ1n) is 13.0. The average Bonchev–Trinajstić information content (AvgIpc) is 2.98. The van der Waals surface area contributed by atoms with Crippen molar-refractivity contribution < 1.29 is 74.4 Å². The molecule has 0 saturated carbocycles. The predicted molar refractivity (Wildman–Crippen MR) is 140 cm³/mol. The van der Waals surface area contributed by atoms with Gasteiger partial charge in [-0.05, 0) is 18.2 Å². The Labute approximate surface area is 241 Å². The van der Waals surface area contributed by atoms with Gasteiger partial charge in [0.15, 0.2) is 16.9 Å². The van der Waals surface area contributed by atoms with E-state index in [-0.39, 0.29) is 33.8 Å². The van der Waals surface area contributed by atoms with Gasteiger partial charge in [-0.15, -0.1) is 0 Å². The van der Waals surface area contributed by atoms with Gasteiger partial charge in [-0.25, -0.2) is 0 Å². The van der Waals surface area contributed by atoms with Gasteiger partial charge in [0.1, 0.15) is 77.1 Å². The van der Waals surface area contributed by atoms with Crippen LogP contribution in [-0.2, 0) is 9.47 Å². The van der Waals surface area contributed by atoms with Crippen molar-refractivity contribution in [2.45, 2.75) is 61.4 Å². The Bertz CT molecular complexity index is 1500. The maximum atomic E-state index is 12.9. The second kappa shape index (κ2) is 12.2. The van der Waals surface area contributed by atoms with Gasteiger partial charge in [-0.1, -0.05) is 0 Å². The molecule has 2 aliphatic rings. The van der Waals surface area contributed by atoms with E-state index in [0.29, 0.717) is 0 Å². The van der Waals surface area contributed by atoms with Crippen molar-refractivity contribution in [3.63, 3.8) is 0 Å². The monoisotopic (exact) mass is 610 g/mol. The number of aliphatic hydroxyl groups excluding tert-OH is 8. The molecule has 0 spiro atoms. The van der Waals surface area contributed by atoms with Crippen LogP contribution in [0, 0.1) is 0 Å². The number of hydrogen-bond donors (Lipinski definition) is 10. The van der Waals surface area contributed by atoms with Gasteiger partial charge in [0, 0.05) is 23.8 Å². The van der Waals surface area contributed by atoms with Gasteiger partial charge in [0.2, 0.25) is 12.6 Å². The Morgan fingerprint density at radius 3 is 1.84 bits per heavy atom. The lowest BCUT2D eigenvalue weighted by Gasteiger charge is -2.39. The SMILES string of the molecule is O=c1cc(-c2ccc(O)c(O[C@@H]3O[C@H](CO)[C@@H](O)[C@@H](O)[C@H]3O)c2)oc2cc(O[C@@H]3O[C@H](CO)[C@@H](O)[C@@H](O)[C@H]3O)cc(O)c12. The summed E-state index contributed by atoms with van der Waals surface area (Å²) in [6, 6.07) is 7.02. The van der Waals surface area contributed by atoms with Crippen LogP contribution in [-0.4, -0.2) is 126 Å². The first-order chi connectivity index (χ1) is 20.4. The molecule has 0 radical (unpaired) electrons. The van der Waals surface area contributed by atoms with Crippen molar-refractivity contribution in [1.29, 1.82) is 0 Å². The van der Waals surface area contributed by atoms with Gasteiger partial charge in [-0.2, -0.15) is 0 Å². The number of aromatic hydroxyl groups is 2. The number of hydrogen-bond acceptors (Lipinski definition) is 16. The molecule has 2 aromatic carbocycles. The number of rotatable bonds is 7. The van der Waals surface area contributed by atoms with Crippen molar-refractivity contribution >= 4 is 11.0 Å². The lowest BCUT2D eigenvalue weighted by atomic mass is 9.99. The van der Waals surface area contributed by atoms with Crippen molar-refractivity contribution in [3.8, 4) is 34.3 Å². The molecular weight excluding hydrogens is 580 g/mol. The zero-order valence-electron chi connectivity index (χ0n) is 22.1. The molecule has 0 unspecified atom stereocenters. The van der Waals surface area contributed by atoms with Crippen molar-refractivity contribution in [3.05, 3.63) is 46.6 Å². The molecular formula is C27H30O16. The quantitative estimate of drug-likeness (QED) is 0.130. The van der Waals surface area contributed by atoms with E-state index < -0.39 is 91.6 Å². The predicted octanol–water partition coefficient (Wildman–Crippen LogP) is -2.77. The van der Waals surface area contributed by atoms with Gasteiger partial charge in [0.25, 0.3) is 0 Å². The molecule has 10 atom stereocenters. The Kier molecular flexibility index (Phi) is 8.77. The van der Waals surface area contributed by atoms with Gasteiger partial charge in [-0.3, -0.25) is 4.79 Å². The summed E-state index contributed by atoms with van der Waals surface area (Å²) in [5, 5.41) is 99.9. The van der Waals surface area contributed by atoms with E-state index in [1.165, 1.54) is 24.3 Å². The number of aliphatic hydroxyl groups is 8. The smallest absolute Gasteiger partial charge is 0.229 e. The summed E-state index contributed by atoms with van der Waals surface area (Å²) in [6.07, 6.45) is -15.9. The molecule has 0 amide bonds. The van der Waals surface area contributed by atoms with Crippen LogP contribution in [0.15, 0.2) is 45.6 Å². The van der Waals surface area contributed by atoms with Crippen molar-refractivity contribution in [2.24, 2.45) is 0 Å². The molecule has 234 valence electrons. The molecule has 0 bridgehead atoms. The summed E-state index contributed by atoms with van der Waals surface area (Å²) in [7, 11) is 0. The normalized spacial score (nSPS) is 32.9. The summed E-state index contributed by atoms with van der Waals surface area (Å²) in [4.78, 5) is 12.9. The minimum absolute atomic E-state index is 0.0828. The highest BCUT2D eigenvalue weighted by molar-refractivity contribution is 5.86. The molecule has 2 aliphatic heterocycles. The molecule has 2 saturated heterocycles. The van der Waals surface area contributed by atoms with E-state index in [9.17, 15) is 55.9 Å². The topological polar surface area (TPSA) is 269 Å². The number of phenols is 2. The van der Waals surface area contributed by atoms with Crippen LogP contribution in [0.3, 0.4) is 0 Å². The van der Waals surface area contributed by atoms with E-state index in [2.05, 4.69) is 0 Å². The van der Waals surface area contributed by atoms with Crippen LogP contribution >= 0.6 is 0 Å². The average molecular weight is 611 g/mol. The van der Waals surface area contributed by atoms with Crippen LogP contribution < -0.4 is 14.9 Å². The third kappa shape index (κ3) is 5.85. The molecule has 16 nitrogen and oxygen atoms in total.